The van der Waals surface area contributed by atoms with E-state index in [2.05, 4.69) is 15.6 Å². The van der Waals surface area contributed by atoms with Gasteiger partial charge in [-0.25, -0.2) is 0 Å². The average molecular weight is 272 g/mol. The van der Waals surface area contributed by atoms with E-state index in [-0.39, 0.29) is 16.7 Å². The van der Waals surface area contributed by atoms with Crippen LogP contribution in [-0.4, -0.2) is 17.0 Å². The number of hydrogen-bond donors (Lipinski definition) is 2. The third kappa shape index (κ3) is 2.85. The molecular weight excluding hydrogens is 256 g/mol. The largest absolute Gasteiger partial charge is 0.382 e. The summed E-state index contributed by atoms with van der Waals surface area (Å²) in [6.45, 7) is 1.94. The zero-order valence-corrected chi connectivity index (χ0v) is 11.3. The fraction of sp³-hybridized carbons (Fsp3) is 0.214. The number of nitrogens with one attached hydrogen (secondary N) is 2. The van der Waals surface area contributed by atoms with E-state index in [0.29, 0.717) is 11.4 Å². The van der Waals surface area contributed by atoms with Crippen molar-refractivity contribution in [2.75, 3.05) is 17.7 Å². The molecule has 1 atom stereocenters. The van der Waals surface area contributed by atoms with E-state index in [9.17, 15) is 10.1 Å². The van der Waals surface area contributed by atoms with E-state index in [1.54, 1.807) is 37.6 Å². The molecule has 1 heterocycles. The first-order valence-corrected chi connectivity index (χ1v) is 6.25. The van der Waals surface area contributed by atoms with Crippen LogP contribution in [0, 0.1) is 10.1 Å². The van der Waals surface area contributed by atoms with Crippen molar-refractivity contribution in [3.05, 3.63) is 58.4 Å². The molecular formula is C14H16N4O2. The number of rotatable bonds is 5. The summed E-state index contributed by atoms with van der Waals surface area (Å²) in [6, 6.07) is 8.85. The Morgan fingerprint density at radius 2 is 2.00 bits per heavy atom. The van der Waals surface area contributed by atoms with Crippen molar-refractivity contribution in [2.45, 2.75) is 13.0 Å². The summed E-state index contributed by atoms with van der Waals surface area (Å²) >= 11 is 0. The molecule has 2 rings (SSSR count). The summed E-state index contributed by atoms with van der Waals surface area (Å²) in [5.41, 5.74) is 1.99. The number of aromatic nitrogens is 1. The highest BCUT2D eigenvalue weighted by atomic mass is 16.6. The lowest BCUT2D eigenvalue weighted by molar-refractivity contribution is -0.383. The maximum atomic E-state index is 11.2. The van der Waals surface area contributed by atoms with Gasteiger partial charge in [0, 0.05) is 19.4 Å². The zero-order chi connectivity index (χ0) is 14.5. The lowest BCUT2D eigenvalue weighted by Crippen LogP contribution is -2.09. The molecule has 1 aromatic carbocycles. The summed E-state index contributed by atoms with van der Waals surface area (Å²) in [5.74, 6) is 0. The number of anilines is 2. The molecule has 0 amide bonds. The number of para-hydroxylation sites is 1. The molecule has 2 N–H and O–H groups in total. The van der Waals surface area contributed by atoms with Crippen molar-refractivity contribution < 1.29 is 4.92 Å². The molecule has 0 fully saturated rings. The topological polar surface area (TPSA) is 80.1 Å². The monoisotopic (exact) mass is 272 g/mol. The van der Waals surface area contributed by atoms with E-state index >= 15 is 0 Å². The van der Waals surface area contributed by atoms with Gasteiger partial charge in [0.25, 0.3) is 0 Å². The van der Waals surface area contributed by atoms with Crippen LogP contribution in [0.2, 0.25) is 0 Å². The number of nitrogens with zero attached hydrogens (tertiary/aromatic N) is 2. The van der Waals surface area contributed by atoms with E-state index < -0.39 is 0 Å². The van der Waals surface area contributed by atoms with Crippen LogP contribution in [0.15, 0.2) is 42.7 Å². The first-order valence-electron chi connectivity index (χ1n) is 6.25. The SMILES string of the molecule is CNc1cccc(NC(C)c2cccnc2)c1[N+](=O)[O-]. The summed E-state index contributed by atoms with van der Waals surface area (Å²) in [6.07, 6.45) is 3.44. The fourth-order valence-corrected chi connectivity index (χ4v) is 2.01. The second-order valence-corrected chi connectivity index (χ2v) is 4.36. The van der Waals surface area contributed by atoms with Gasteiger partial charge in [-0.05, 0) is 30.7 Å². The molecule has 0 saturated heterocycles. The molecule has 104 valence electrons. The Morgan fingerprint density at radius 1 is 1.25 bits per heavy atom. The molecule has 20 heavy (non-hydrogen) atoms. The smallest absolute Gasteiger partial charge is 0.315 e. The summed E-state index contributed by atoms with van der Waals surface area (Å²) in [4.78, 5) is 14.9. The van der Waals surface area contributed by atoms with Gasteiger partial charge in [0.2, 0.25) is 0 Å². The number of hydrogen-bond acceptors (Lipinski definition) is 5. The lowest BCUT2D eigenvalue weighted by Gasteiger charge is -2.16. The van der Waals surface area contributed by atoms with Crippen LogP contribution in [0.3, 0.4) is 0 Å². The Labute approximate surface area is 117 Å². The van der Waals surface area contributed by atoms with E-state index in [1.165, 1.54) is 0 Å². The van der Waals surface area contributed by atoms with Crippen LogP contribution >= 0.6 is 0 Å². The molecule has 6 heteroatoms. The van der Waals surface area contributed by atoms with Gasteiger partial charge >= 0.3 is 5.69 Å². The molecule has 1 unspecified atom stereocenters. The average Bonchev–Trinajstić information content (AvgIpc) is 2.47. The minimum absolute atomic E-state index is 0.0470. The Kier molecular flexibility index (Phi) is 4.14. The van der Waals surface area contributed by atoms with Crippen LogP contribution in [0.1, 0.15) is 18.5 Å². The molecule has 0 bridgehead atoms. The van der Waals surface area contributed by atoms with Gasteiger partial charge in [-0.1, -0.05) is 12.1 Å². The maximum absolute atomic E-state index is 11.2. The lowest BCUT2D eigenvalue weighted by atomic mass is 10.1. The van der Waals surface area contributed by atoms with E-state index in [0.717, 1.165) is 5.56 Å². The van der Waals surface area contributed by atoms with E-state index in [4.69, 9.17) is 0 Å². The van der Waals surface area contributed by atoms with E-state index in [1.807, 2.05) is 19.1 Å². The van der Waals surface area contributed by atoms with Crippen LogP contribution in [0.5, 0.6) is 0 Å². The molecule has 1 aromatic heterocycles. The van der Waals surface area contributed by atoms with Gasteiger partial charge < -0.3 is 10.6 Å². The maximum Gasteiger partial charge on any atom is 0.315 e. The van der Waals surface area contributed by atoms with Gasteiger partial charge in [-0.15, -0.1) is 0 Å². The normalized spacial score (nSPS) is 11.7. The Bertz CT molecular complexity index is 601. The Balaban J connectivity index is 2.32. The van der Waals surface area contributed by atoms with Gasteiger partial charge in [-0.3, -0.25) is 15.1 Å². The van der Waals surface area contributed by atoms with Crippen LogP contribution in [0.4, 0.5) is 17.1 Å². The van der Waals surface area contributed by atoms with Gasteiger partial charge in [0.05, 0.1) is 11.0 Å². The zero-order valence-electron chi connectivity index (χ0n) is 11.3. The van der Waals surface area contributed by atoms with Crippen molar-refractivity contribution in [3.63, 3.8) is 0 Å². The molecule has 0 spiro atoms. The standard InChI is InChI=1S/C14H16N4O2/c1-10(11-5-4-8-16-9-11)17-13-7-3-6-12(15-2)14(13)18(19)20/h3-10,15,17H,1-2H3. The number of pyridine rings is 1. The molecule has 0 radical (unpaired) electrons. The highest BCUT2D eigenvalue weighted by Crippen LogP contribution is 2.34. The van der Waals surface area contributed by atoms with Crippen molar-refractivity contribution in [1.82, 2.24) is 4.98 Å². The molecule has 0 saturated carbocycles. The van der Waals surface area contributed by atoms with Gasteiger partial charge in [0.1, 0.15) is 11.4 Å². The minimum atomic E-state index is -0.385. The highest BCUT2D eigenvalue weighted by Gasteiger charge is 2.20. The third-order valence-corrected chi connectivity index (χ3v) is 3.04. The number of nitro benzene ring substituents is 1. The molecule has 6 nitrogen and oxygen atoms in total. The third-order valence-electron chi connectivity index (χ3n) is 3.04. The summed E-state index contributed by atoms with van der Waals surface area (Å²) in [5, 5.41) is 17.2. The summed E-state index contributed by atoms with van der Waals surface area (Å²) in [7, 11) is 1.66. The van der Waals surface area contributed by atoms with Gasteiger partial charge in [-0.2, -0.15) is 0 Å². The Morgan fingerprint density at radius 3 is 2.60 bits per heavy atom. The van der Waals surface area contributed by atoms with Crippen LogP contribution < -0.4 is 10.6 Å². The van der Waals surface area contributed by atoms with Crippen molar-refractivity contribution in [1.29, 1.82) is 0 Å². The number of nitro groups is 1. The van der Waals surface area contributed by atoms with Crippen molar-refractivity contribution in [3.8, 4) is 0 Å². The predicted molar refractivity (Wildman–Crippen MR) is 78.9 cm³/mol. The quantitative estimate of drug-likeness (QED) is 0.645. The predicted octanol–water partition coefficient (Wildman–Crippen LogP) is 3.20. The minimum Gasteiger partial charge on any atom is -0.382 e. The molecule has 0 aliphatic rings. The molecule has 0 aliphatic heterocycles. The van der Waals surface area contributed by atoms with Crippen LogP contribution in [0.25, 0.3) is 0 Å². The highest BCUT2D eigenvalue weighted by molar-refractivity contribution is 5.76. The second-order valence-electron chi connectivity index (χ2n) is 4.36. The number of benzene rings is 1. The van der Waals surface area contributed by atoms with Crippen molar-refractivity contribution in [2.24, 2.45) is 0 Å². The second kappa shape index (κ2) is 6.01. The first kappa shape index (κ1) is 13.8. The first-order chi connectivity index (χ1) is 9.63. The molecule has 0 aliphatic carbocycles. The van der Waals surface area contributed by atoms with Crippen molar-refractivity contribution >= 4 is 17.1 Å². The fourth-order valence-electron chi connectivity index (χ4n) is 2.01. The van der Waals surface area contributed by atoms with Gasteiger partial charge in [0.15, 0.2) is 0 Å². The molecule has 2 aromatic rings. The Hall–Kier alpha value is -2.63. The van der Waals surface area contributed by atoms with Crippen LogP contribution in [-0.2, 0) is 0 Å². The summed E-state index contributed by atoms with van der Waals surface area (Å²) < 4.78 is 0.